The van der Waals surface area contributed by atoms with Crippen LogP contribution in [0.2, 0.25) is 0 Å². The molecule has 2 unspecified atom stereocenters. The van der Waals surface area contributed by atoms with Crippen molar-refractivity contribution in [1.29, 1.82) is 0 Å². The number of amides is 1. The van der Waals surface area contributed by atoms with Crippen LogP contribution in [0.25, 0.3) is 0 Å². The maximum absolute atomic E-state index is 11.5. The quantitative estimate of drug-likeness (QED) is 0.725. The highest BCUT2D eigenvalue weighted by Crippen LogP contribution is 2.18. The Morgan fingerprint density at radius 1 is 1.31 bits per heavy atom. The van der Waals surface area contributed by atoms with Crippen LogP contribution in [-0.2, 0) is 4.79 Å². The summed E-state index contributed by atoms with van der Waals surface area (Å²) in [6.45, 7) is 7.41. The molecule has 1 aliphatic heterocycles. The Balaban J connectivity index is 1.65. The Morgan fingerprint density at radius 3 is 2.50 bits per heavy atom. The van der Waals surface area contributed by atoms with Crippen LogP contribution in [0, 0.1) is 0 Å². The molecule has 2 aliphatic rings. The highest BCUT2D eigenvalue weighted by atomic mass is 16.1. The molecule has 1 saturated heterocycles. The SMILES string of the molecule is CC1CN(CCC(=O)NC2CC2)CC(C)N1. The second-order valence-corrected chi connectivity index (χ2v) is 5.32. The first kappa shape index (κ1) is 11.9. The molecule has 2 N–H and O–H groups in total. The molecule has 1 amide bonds. The lowest BCUT2D eigenvalue weighted by molar-refractivity contribution is -0.121. The fraction of sp³-hybridized carbons (Fsp3) is 0.917. The maximum Gasteiger partial charge on any atom is 0.221 e. The predicted molar refractivity (Wildman–Crippen MR) is 64.3 cm³/mol. The molecule has 1 aliphatic carbocycles. The van der Waals surface area contributed by atoms with E-state index < -0.39 is 0 Å². The smallest absolute Gasteiger partial charge is 0.221 e. The molecule has 2 rings (SSSR count). The monoisotopic (exact) mass is 225 g/mol. The van der Waals surface area contributed by atoms with Gasteiger partial charge in [-0.2, -0.15) is 0 Å². The number of rotatable bonds is 4. The highest BCUT2D eigenvalue weighted by molar-refractivity contribution is 5.76. The number of carbonyl (C=O) groups excluding carboxylic acids is 1. The molecule has 92 valence electrons. The van der Waals surface area contributed by atoms with Gasteiger partial charge in [0.2, 0.25) is 5.91 Å². The lowest BCUT2D eigenvalue weighted by Gasteiger charge is -2.36. The van der Waals surface area contributed by atoms with Crippen molar-refractivity contribution in [1.82, 2.24) is 15.5 Å². The molecule has 16 heavy (non-hydrogen) atoms. The topological polar surface area (TPSA) is 44.4 Å². The summed E-state index contributed by atoms with van der Waals surface area (Å²) in [5, 5.41) is 6.53. The molecule has 0 bridgehead atoms. The van der Waals surface area contributed by atoms with Gasteiger partial charge in [0.1, 0.15) is 0 Å². The summed E-state index contributed by atoms with van der Waals surface area (Å²) in [5.74, 6) is 0.223. The Bertz CT molecular complexity index is 243. The van der Waals surface area contributed by atoms with Gasteiger partial charge in [-0.3, -0.25) is 9.69 Å². The highest BCUT2D eigenvalue weighted by Gasteiger charge is 2.24. The van der Waals surface area contributed by atoms with Crippen molar-refractivity contribution < 1.29 is 4.79 Å². The van der Waals surface area contributed by atoms with Crippen molar-refractivity contribution in [3.8, 4) is 0 Å². The lowest BCUT2D eigenvalue weighted by Crippen LogP contribution is -2.54. The van der Waals surface area contributed by atoms with Crippen LogP contribution in [0.5, 0.6) is 0 Å². The molecule has 0 radical (unpaired) electrons. The van der Waals surface area contributed by atoms with Gasteiger partial charge in [-0.25, -0.2) is 0 Å². The summed E-state index contributed by atoms with van der Waals surface area (Å²) >= 11 is 0. The summed E-state index contributed by atoms with van der Waals surface area (Å²) < 4.78 is 0. The van der Waals surface area contributed by atoms with Gasteiger partial charge in [-0.1, -0.05) is 0 Å². The molecule has 0 aromatic rings. The van der Waals surface area contributed by atoms with E-state index in [1.807, 2.05) is 0 Å². The van der Waals surface area contributed by atoms with Gasteiger partial charge in [-0.15, -0.1) is 0 Å². The minimum absolute atomic E-state index is 0.223. The first-order chi connectivity index (χ1) is 7.63. The number of nitrogens with zero attached hydrogens (tertiary/aromatic N) is 1. The van der Waals surface area contributed by atoms with Gasteiger partial charge in [0.15, 0.2) is 0 Å². The van der Waals surface area contributed by atoms with Crippen molar-refractivity contribution in [3.05, 3.63) is 0 Å². The molecular formula is C12H23N3O. The van der Waals surface area contributed by atoms with E-state index in [9.17, 15) is 4.79 Å². The second kappa shape index (κ2) is 5.15. The number of piperazine rings is 1. The van der Waals surface area contributed by atoms with Gasteiger partial charge in [0, 0.05) is 44.2 Å². The number of hydrogen-bond acceptors (Lipinski definition) is 3. The Labute approximate surface area is 97.8 Å². The Morgan fingerprint density at radius 2 is 1.94 bits per heavy atom. The molecular weight excluding hydrogens is 202 g/mol. The molecule has 0 aromatic heterocycles. The van der Waals surface area contributed by atoms with Gasteiger partial charge in [-0.05, 0) is 26.7 Å². The van der Waals surface area contributed by atoms with Crippen molar-refractivity contribution >= 4 is 5.91 Å². The van der Waals surface area contributed by atoms with E-state index in [-0.39, 0.29) is 5.91 Å². The van der Waals surface area contributed by atoms with E-state index >= 15 is 0 Å². The summed E-state index contributed by atoms with van der Waals surface area (Å²) in [6.07, 6.45) is 3.00. The minimum Gasteiger partial charge on any atom is -0.353 e. The van der Waals surface area contributed by atoms with Crippen LogP contribution >= 0.6 is 0 Å². The zero-order valence-corrected chi connectivity index (χ0v) is 10.3. The molecule has 1 saturated carbocycles. The summed E-state index contributed by atoms with van der Waals surface area (Å²) in [4.78, 5) is 13.9. The molecule has 2 atom stereocenters. The van der Waals surface area contributed by atoms with Crippen molar-refractivity contribution in [2.45, 2.75) is 51.2 Å². The van der Waals surface area contributed by atoms with Crippen LogP contribution in [0.15, 0.2) is 0 Å². The van der Waals surface area contributed by atoms with E-state index in [1.54, 1.807) is 0 Å². The molecule has 4 heteroatoms. The van der Waals surface area contributed by atoms with Gasteiger partial charge in [0.25, 0.3) is 0 Å². The molecule has 0 aromatic carbocycles. The van der Waals surface area contributed by atoms with Crippen LogP contribution in [0.4, 0.5) is 0 Å². The van der Waals surface area contributed by atoms with Crippen molar-refractivity contribution in [2.24, 2.45) is 0 Å². The van der Waals surface area contributed by atoms with E-state index in [0.717, 1.165) is 19.6 Å². The Kier molecular flexibility index (Phi) is 3.82. The van der Waals surface area contributed by atoms with Crippen LogP contribution in [0.1, 0.15) is 33.1 Å². The molecule has 2 fully saturated rings. The third kappa shape index (κ3) is 3.76. The van der Waals surface area contributed by atoms with E-state index in [1.165, 1.54) is 12.8 Å². The Hall–Kier alpha value is -0.610. The first-order valence-electron chi connectivity index (χ1n) is 6.41. The fourth-order valence-electron chi connectivity index (χ4n) is 2.41. The van der Waals surface area contributed by atoms with E-state index in [2.05, 4.69) is 29.4 Å². The average Bonchev–Trinajstić information content (AvgIpc) is 2.97. The summed E-state index contributed by atoms with van der Waals surface area (Å²) in [7, 11) is 0. The number of nitrogens with one attached hydrogen (secondary N) is 2. The van der Waals surface area contributed by atoms with Crippen molar-refractivity contribution in [3.63, 3.8) is 0 Å². The lowest BCUT2D eigenvalue weighted by atomic mass is 10.1. The standard InChI is InChI=1S/C12H23N3O/c1-9-7-15(8-10(2)13-9)6-5-12(16)14-11-3-4-11/h9-11,13H,3-8H2,1-2H3,(H,14,16). The second-order valence-electron chi connectivity index (χ2n) is 5.32. The van der Waals surface area contributed by atoms with E-state index in [0.29, 0.717) is 24.5 Å². The summed E-state index contributed by atoms with van der Waals surface area (Å²) in [5.41, 5.74) is 0. The largest absolute Gasteiger partial charge is 0.353 e. The zero-order chi connectivity index (χ0) is 11.5. The first-order valence-corrected chi connectivity index (χ1v) is 6.41. The third-order valence-electron chi connectivity index (χ3n) is 3.23. The normalized spacial score (nSPS) is 31.4. The van der Waals surface area contributed by atoms with Gasteiger partial charge >= 0.3 is 0 Å². The maximum atomic E-state index is 11.5. The average molecular weight is 225 g/mol. The zero-order valence-electron chi connectivity index (χ0n) is 10.3. The van der Waals surface area contributed by atoms with Crippen molar-refractivity contribution in [2.75, 3.05) is 19.6 Å². The van der Waals surface area contributed by atoms with Crippen LogP contribution in [-0.4, -0.2) is 48.6 Å². The predicted octanol–water partition coefficient (Wildman–Crippen LogP) is 0.337. The molecule has 1 heterocycles. The van der Waals surface area contributed by atoms with Gasteiger partial charge in [0.05, 0.1) is 0 Å². The summed E-state index contributed by atoms with van der Waals surface area (Å²) in [6, 6.07) is 1.57. The minimum atomic E-state index is 0.223. The van der Waals surface area contributed by atoms with Gasteiger partial charge < -0.3 is 10.6 Å². The molecule has 4 nitrogen and oxygen atoms in total. The number of carbonyl (C=O) groups is 1. The fourth-order valence-corrected chi connectivity index (χ4v) is 2.41. The van der Waals surface area contributed by atoms with E-state index in [4.69, 9.17) is 0 Å². The molecule has 0 spiro atoms. The number of hydrogen-bond donors (Lipinski definition) is 2. The third-order valence-corrected chi connectivity index (χ3v) is 3.23. The van der Waals surface area contributed by atoms with Crippen LogP contribution < -0.4 is 10.6 Å². The van der Waals surface area contributed by atoms with Crippen LogP contribution in [0.3, 0.4) is 0 Å².